The number of rotatable bonds is 4. The second kappa shape index (κ2) is 8.51. The van der Waals surface area contributed by atoms with Gasteiger partial charge in [0.2, 0.25) is 5.91 Å². The van der Waals surface area contributed by atoms with Crippen LogP contribution in [0, 0.1) is 0 Å². The maximum atomic E-state index is 12.7. The standard InChI is InChI=1S/C18H24N4O3.ClH/c1-12(19)14-7-4-5-10-21(14)16(23)9-11-22-15-8-3-2-6-13(15)17(24)20-18(22)25;/h2-3,6,8,12,14H,4-5,7,9-11,19H2,1H3,(H,20,24,25);1H. The number of nitrogens with one attached hydrogen (secondary N) is 1. The summed E-state index contributed by atoms with van der Waals surface area (Å²) in [5.41, 5.74) is 5.68. The van der Waals surface area contributed by atoms with Crippen molar-refractivity contribution in [2.24, 2.45) is 5.73 Å². The zero-order valence-electron chi connectivity index (χ0n) is 14.8. The first-order valence-electron chi connectivity index (χ1n) is 8.76. The molecule has 1 aromatic heterocycles. The number of halogens is 1. The molecule has 0 bridgehead atoms. The molecule has 3 N–H and O–H groups in total. The molecule has 7 nitrogen and oxygen atoms in total. The second-order valence-corrected chi connectivity index (χ2v) is 6.69. The molecule has 3 rings (SSSR count). The number of nitrogens with two attached hydrogens (primary N) is 1. The molecule has 0 spiro atoms. The first kappa shape index (κ1) is 20.2. The van der Waals surface area contributed by atoms with E-state index in [9.17, 15) is 14.4 Å². The fraction of sp³-hybridized carbons (Fsp3) is 0.500. The lowest BCUT2D eigenvalue weighted by molar-refractivity contribution is -0.135. The van der Waals surface area contributed by atoms with Crippen LogP contribution >= 0.6 is 12.4 Å². The molecule has 2 unspecified atom stereocenters. The number of aryl methyl sites for hydroxylation is 1. The summed E-state index contributed by atoms with van der Waals surface area (Å²) in [5.74, 6) is 0.00387. The van der Waals surface area contributed by atoms with Crippen LogP contribution in [0.4, 0.5) is 0 Å². The predicted octanol–water partition coefficient (Wildman–Crippen LogP) is 1.23. The molecule has 2 heterocycles. The Morgan fingerprint density at radius 2 is 2.04 bits per heavy atom. The highest BCUT2D eigenvalue weighted by molar-refractivity contribution is 5.85. The van der Waals surface area contributed by atoms with E-state index in [1.54, 1.807) is 24.3 Å². The molecular weight excluding hydrogens is 356 g/mol. The lowest BCUT2D eigenvalue weighted by Gasteiger charge is -2.38. The number of fused-ring (bicyclic) bond motifs is 1. The minimum atomic E-state index is -0.487. The number of likely N-dealkylation sites (tertiary alicyclic amines) is 1. The van der Waals surface area contributed by atoms with Gasteiger partial charge in [-0.15, -0.1) is 12.4 Å². The predicted molar refractivity (Wildman–Crippen MR) is 104 cm³/mol. The molecular formula is C18H25ClN4O3. The monoisotopic (exact) mass is 380 g/mol. The highest BCUT2D eigenvalue weighted by Gasteiger charge is 2.28. The Labute approximate surface area is 157 Å². The van der Waals surface area contributed by atoms with Crippen LogP contribution in [0.5, 0.6) is 0 Å². The molecule has 26 heavy (non-hydrogen) atoms. The van der Waals surface area contributed by atoms with Crippen molar-refractivity contribution < 1.29 is 4.79 Å². The molecule has 1 aliphatic heterocycles. The Hall–Kier alpha value is -2.12. The largest absolute Gasteiger partial charge is 0.338 e. The van der Waals surface area contributed by atoms with Gasteiger partial charge in [-0.1, -0.05) is 12.1 Å². The van der Waals surface area contributed by atoms with Crippen molar-refractivity contribution in [2.75, 3.05) is 6.54 Å². The van der Waals surface area contributed by atoms with Gasteiger partial charge in [0.05, 0.1) is 10.9 Å². The van der Waals surface area contributed by atoms with E-state index >= 15 is 0 Å². The van der Waals surface area contributed by atoms with Gasteiger partial charge in [-0.2, -0.15) is 0 Å². The maximum absolute atomic E-state index is 12.7. The zero-order valence-corrected chi connectivity index (χ0v) is 15.6. The van der Waals surface area contributed by atoms with Crippen LogP contribution in [0.25, 0.3) is 10.9 Å². The number of carbonyl (C=O) groups excluding carboxylic acids is 1. The highest BCUT2D eigenvalue weighted by Crippen LogP contribution is 2.20. The molecule has 1 saturated heterocycles. The van der Waals surface area contributed by atoms with Gasteiger partial charge in [-0.3, -0.25) is 19.1 Å². The Kier molecular flexibility index (Phi) is 6.61. The van der Waals surface area contributed by atoms with Gasteiger partial charge in [-0.05, 0) is 38.3 Å². The number of aromatic nitrogens is 2. The van der Waals surface area contributed by atoms with E-state index in [1.165, 1.54) is 4.57 Å². The fourth-order valence-corrected chi connectivity index (χ4v) is 3.63. The quantitative estimate of drug-likeness (QED) is 0.832. The summed E-state index contributed by atoms with van der Waals surface area (Å²) in [5, 5.41) is 0.445. The lowest BCUT2D eigenvalue weighted by atomic mass is 9.96. The van der Waals surface area contributed by atoms with Crippen LogP contribution < -0.4 is 17.0 Å². The number of para-hydroxylation sites is 1. The number of H-pyrrole nitrogens is 1. The summed E-state index contributed by atoms with van der Waals surface area (Å²) in [6, 6.07) is 6.91. The van der Waals surface area contributed by atoms with Gasteiger partial charge >= 0.3 is 5.69 Å². The number of hydrogen-bond acceptors (Lipinski definition) is 4. The highest BCUT2D eigenvalue weighted by atomic mass is 35.5. The molecule has 2 atom stereocenters. The number of carbonyl (C=O) groups is 1. The van der Waals surface area contributed by atoms with Gasteiger partial charge in [-0.25, -0.2) is 4.79 Å². The Morgan fingerprint density at radius 1 is 1.31 bits per heavy atom. The number of hydrogen-bond donors (Lipinski definition) is 2. The number of nitrogens with zero attached hydrogens (tertiary/aromatic N) is 2. The van der Waals surface area contributed by atoms with Crippen LogP contribution in [-0.4, -0.2) is 39.0 Å². The first-order valence-corrected chi connectivity index (χ1v) is 8.76. The summed E-state index contributed by atoms with van der Waals surface area (Å²) < 4.78 is 1.46. The van der Waals surface area contributed by atoms with Crippen LogP contribution in [0.2, 0.25) is 0 Å². The fourth-order valence-electron chi connectivity index (χ4n) is 3.63. The first-order chi connectivity index (χ1) is 12.0. The Morgan fingerprint density at radius 3 is 2.77 bits per heavy atom. The molecule has 1 aromatic carbocycles. The summed E-state index contributed by atoms with van der Waals surface area (Å²) in [7, 11) is 0. The van der Waals surface area contributed by atoms with Gasteiger partial charge in [0.25, 0.3) is 5.56 Å². The molecule has 1 amide bonds. The molecule has 0 saturated carbocycles. The van der Waals surface area contributed by atoms with E-state index < -0.39 is 11.2 Å². The molecule has 0 radical (unpaired) electrons. The average molecular weight is 381 g/mol. The van der Waals surface area contributed by atoms with Crippen LogP contribution in [0.3, 0.4) is 0 Å². The number of amides is 1. The molecule has 1 aliphatic rings. The number of benzene rings is 1. The van der Waals surface area contributed by atoms with E-state index in [0.717, 1.165) is 19.3 Å². The van der Waals surface area contributed by atoms with Crippen molar-refractivity contribution in [3.05, 3.63) is 45.1 Å². The molecule has 2 aromatic rings. The van der Waals surface area contributed by atoms with E-state index in [0.29, 0.717) is 17.4 Å². The van der Waals surface area contributed by atoms with Crippen molar-refractivity contribution in [1.29, 1.82) is 0 Å². The topological polar surface area (TPSA) is 101 Å². The van der Waals surface area contributed by atoms with E-state index in [-0.39, 0.29) is 43.4 Å². The lowest BCUT2D eigenvalue weighted by Crippen LogP contribution is -2.51. The van der Waals surface area contributed by atoms with Gasteiger partial charge < -0.3 is 10.6 Å². The summed E-state index contributed by atoms with van der Waals surface area (Å²) >= 11 is 0. The number of piperidine rings is 1. The third-order valence-corrected chi connectivity index (χ3v) is 4.93. The molecule has 0 aliphatic carbocycles. The second-order valence-electron chi connectivity index (χ2n) is 6.69. The normalized spacial score (nSPS) is 18.4. The molecule has 142 valence electrons. The van der Waals surface area contributed by atoms with Crippen molar-refractivity contribution in [1.82, 2.24) is 14.5 Å². The van der Waals surface area contributed by atoms with Crippen LogP contribution in [0.1, 0.15) is 32.6 Å². The number of aromatic amines is 1. The Bertz CT molecular complexity index is 890. The van der Waals surface area contributed by atoms with Gasteiger partial charge in [0.15, 0.2) is 0 Å². The van der Waals surface area contributed by atoms with Crippen LogP contribution in [-0.2, 0) is 11.3 Å². The van der Waals surface area contributed by atoms with Gasteiger partial charge in [0, 0.05) is 31.6 Å². The minimum Gasteiger partial charge on any atom is -0.338 e. The van der Waals surface area contributed by atoms with Crippen molar-refractivity contribution in [3.8, 4) is 0 Å². The van der Waals surface area contributed by atoms with Crippen LogP contribution in [0.15, 0.2) is 33.9 Å². The Balaban J connectivity index is 0.00000243. The molecule has 8 heteroatoms. The van der Waals surface area contributed by atoms with Crippen molar-refractivity contribution >= 4 is 29.2 Å². The maximum Gasteiger partial charge on any atom is 0.328 e. The molecule has 1 fully saturated rings. The van der Waals surface area contributed by atoms with E-state index in [1.807, 2.05) is 11.8 Å². The van der Waals surface area contributed by atoms with E-state index in [4.69, 9.17) is 5.73 Å². The summed E-state index contributed by atoms with van der Waals surface area (Å²) in [4.78, 5) is 40.9. The van der Waals surface area contributed by atoms with Crippen molar-refractivity contribution in [2.45, 2.75) is 51.2 Å². The summed E-state index contributed by atoms with van der Waals surface area (Å²) in [6.45, 7) is 2.87. The van der Waals surface area contributed by atoms with E-state index in [2.05, 4.69) is 4.98 Å². The third kappa shape index (κ3) is 3.99. The zero-order chi connectivity index (χ0) is 18.0. The SMILES string of the molecule is CC(N)C1CCCCN1C(=O)CCn1c(=O)[nH]c(=O)c2ccccc21.Cl. The third-order valence-electron chi connectivity index (χ3n) is 4.93. The smallest absolute Gasteiger partial charge is 0.328 e. The summed E-state index contributed by atoms with van der Waals surface area (Å²) in [6.07, 6.45) is 3.20. The van der Waals surface area contributed by atoms with Gasteiger partial charge in [0.1, 0.15) is 0 Å². The minimum absolute atomic E-state index is 0. The average Bonchev–Trinajstić information content (AvgIpc) is 2.61. The van der Waals surface area contributed by atoms with Crippen molar-refractivity contribution in [3.63, 3.8) is 0 Å².